The zero-order valence-corrected chi connectivity index (χ0v) is 17.6. The first-order valence-corrected chi connectivity index (χ1v) is 10.5. The predicted octanol–water partition coefficient (Wildman–Crippen LogP) is 3.70. The molecule has 0 radical (unpaired) electrons. The monoisotopic (exact) mass is 379 g/mol. The van der Waals surface area contributed by atoms with Crippen LogP contribution in [0.1, 0.15) is 25.0 Å². The number of amides is 1. The van der Waals surface area contributed by atoms with Crippen molar-refractivity contribution in [2.75, 3.05) is 31.6 Å². The molecule has 4 nitrogen and oxygen atoms in total. The van der Waals surface area contributed by atoms with Crippen molar-refractivity contribution < 1.29 is 4.79 Å². The van der Waals surface area contributed by atoms with Crippen molar-refractivity contribution in [1.29, 1.82) is 0 Å². The SMILES string of the molecule is CC.Cc1cccc(N(C)C(=O)C2NC[C@@H]3CN(Cc4ccccc4)C[C@H]23)c1. The van der Waals surface area contributed by atoms with Gasteiger partial charge in [-0.05, 0) is 36.1 Å². The Labute approximate surface area is 169 Å². The van der Waals surface area contributed by atoms with Crippen molar-refractivity contribution in [3.63, 3.8) is 0 Å². The molecule has 1 unspecified atom stereocenters. The van der Waals surface area contributed by atoms with Gasteiger partial charge in [0.15, 0.2) is 0 Å². The number of anilines is 1. The smallest absolute Gasteiger partial charge is 0.244 e. The summed E-state index contributed by atoms with van der Waals surface area (Å²) < 4.78 is 0. The van der Waals surface area contributed by atoms with E-state index in [1.54, 1.807) is 0 Å². The molecule has 0 bridgehead atoms. The van der Waals surface area contributed by atoms with E-state index >= 15 is 0 Å². The zero-order chi connectivity index (χ0) is 20.1. The van der Waals surface area contributed by atoms with Gasteiger partial charge in [-0.15, -0.1) is 0 Å². The largest absolute Gasteiger partial charge is 0.314 e. The van der Waals surface area contributed by atoms with Gasteiger partial charge in [0.2, 0.25) is 5.91 Å². The Kier molecular flexibility index (Phi) is 6.87. The molecule has 0 spiro atoms. The van der Waals surface area contributed by atoms with Crippen LogP contribution in [0.25, 0.3) is 0 Å². The Bertz CT molecular complexity index is 776. The van der Waals surface area contributed by atoms with Crippen molar-refractivity contribution in [3.8, 4) is 0 Å². The molecular weight excluding hydrogens is 346 g/mol. The van der Waals surface area contributed by atoms with Crippen molar-refractivity contribution in [3.05, 3.63) is 65.7 Å². The number of carbonyl (C=O) groups excluding carboxylic acids is 1. The number of hydrogen-bond acceptors (Lipinski definition) is 3. The quantitative estimate of drug-likeness (QED) is 0.880. The third-order valence-corrected chi connectivity index (χ3v) is 5.83. The van der Waals surface area contributed by atoms with E-state index in [4.69, 9.17) is 0 Å². The highest BCUT2D eigenvalue weighted by Crippen LogP contribution is 2.33. The highest BCUT2D eigenvalue weighted by molar-refractivity contribution is 5.97. The Hall–Kier alpha value is -2.17. The minimum atomic E-state index is -0.0775. The first-order valence-electron chi connectivity index (χ1n) is 10.5. The van der Waals surface area contributed by atoms with E-state index in [0.29, 0.717) is 11.8 Å². The summed E-state index contributed by atoms with van der Waals surface area (Å²) in [5.74, 6) is 1.15. The number of nitrogens with zero attached hydrogens (tertiary/aromatic N) is 2. The molecule has 2 aromatic carbocycles. The summed E-state index contributed by atoms with van der Waals surface area (Å²) in [7, 11) is 1.89. The summed E-state index contributed by atoms with van der Waals surface area (Å²) in [4.78, 5) is 17.4. The lowest BCUT2D eigenvalue weighted by Crippen LogP contribution is -2.46. The minimum absolute atomic E-state index is 0.0775. The van der Waals surface area contributed by atoms with Gasteiger partial charge in [0.25, 0.3) is 0 Å². The topological polar surface area (TPSA) is 35.6 Å². The van der Waals surface area contributed by atoms with E-state index in [9.17, 15) is 4.79 Å². The van der Waals surface area contributed by atoms with Crippen LogP contribution in [0.2, 0.25) is 0 Å². The van der Waals surface area contributed by atoms with Crippen molar-refractivity contribution in [2.24, 2.45) is 11.8 Å². The average molecular weight is 380 g/mol. The number of likely N-dealkylation sites (N-methyl/N-ethyl adjacent to an activating group) is 1. The van der Waals surface area contributed by atoms with E-state index in [0.717, 1.165) is 31.9 Å². The number of fused-ring (bicyclic) bond motifs is 1. The fraction of sp³-hybridized carbons (Fsp3) is 0.458. The lowest BCUT2D eigenvalue weighted by molar-refractivity contribution is -0.120. The van der Waals surface area contributed by atoms with Gasteiger partial charge < -0.3 is 10.2 Å². The summed E-state index contributed by atoms with van der Waals surface area (Å²) in [6.45, 7) is 10.0. The molecule has 2 saturated heterocycles. The predicted molar refractivity (Wildman–Crippen MR) is 116 cm³/mol. The number of carbonyl (C=O) groups is 1. The molecule has 4 rings (SSSR count). The van der Waals surface area contributed by atoms with E-state index < -0.39 is 0 Å². The second-order valence-corrected chi connectivity index (χ2v) is 7.73. The normalized spacial score (nSPS) is 23.6. The van der Waals surface area contributed by atoms with Crippen molar-refractivity contribution in [1.82, 2.24) is 10.2 Å². The van der Waals surface area contributed by atoms with Crippen molar-refractivity contribution >= 4 is 11.6 Å². The molecule has 2 aromatic rings. The van der Waals surface area contributed by atoms with E-state index in [-0.39, 0.29) is 11.9 Å². The first-order chi connectivity index (χ1) is 13.6. The molecule has 28 heavy (non-hydrogen) atoms. The lowest BCUT2D eigenvalue weighted by atomic mass is 9.93. The van der Waals surface area contributed by atoms with Crippen LogP contribution in [0.15, 0.2) is 54.6 Å². The Morgan fingerprint density at radius 2 is 1.86 bits per heavy atom. The van der Waals surface area contributed by atoms with Gasteiger partial charge in [-0.25, -0.2) is 0 Å². The van der Waals surface area contributed by atoms with Gasteiger partial charge in [0.05, 0.1) is 6.04 Å². The Morgan fingerprint density at radius 1 is 1.11 bits per heavy atom. The van der Waals surface area contributed by atoms with Gasteiger partial charge in [-0.3, -0.25) is 9.69 Å². The van der Waals surface area contributed by atoms with Gasteiger partial charge in [0, 0.05) is 44.8 Å². The third kappa shape index (κ3) is 4.45. The van der Waals surface area contributed by atoms with Gasteiger partial charge in [-0.1, -0.05) is 56.3 Å². The number of aryl methyl sites for hydroxylation is 1. The summed E-state index contributed by atoms with van der Waals surface area (Å²) in [5, 5.41) is 3.49. The van der Waals surface area contributed by atoms with E-state index in [2.05, 4.69) is 59.6 Å². The summed E-state index contributed by atoms with van der Waals surface area (Å²) in [6.07, 6.45) is 0. The Balaban J connectivity index is 0.00000109. The van der Waals surface area contributed by atoms with Crippen LogP contribution in [0.3, 0.4) is 0 Å². The van der Waals surface area contributed by atoms with Gasteiger partial charge in [-0.2, -0.15) is 0 Å². The fourth-order valence-electron chi connectivity index (χ4n) is 4.43. The highest BCUT2D eigenvalue weighted by Gasteiger charge is 2.46. The molecule has 1 amide bonds. The minimum Gasteiger partial charge on any atom is -0.314 e. The second-order valence-electron chi connectivity index (χ2n) is 7.73. The standard InChI is InChI=1S/C22H27N3O.C2H6/c1-16-7-6-10-19(11-16)24(2)22(26)21-20-15-25(14-18(20)12-23-21)13-17-8-4-3-5-9-17;1-2/h3-11,18,20-21,23H,12-15H2,1-2H3;1-2H3/t18-,20+,21?;/m1./s1. The maximum atomic E-state index is 13.1. The van der Waals surface area contributed by atoms with Gasteiger partial charge >= 0.3 is 0 Å². The number of rotatable bonds is 4. The molecule has 150 valence electrons. The van der Waals surface area contributed by atoms with Crippen LogP contribution in [0.4, 0.5) is 5.69 Å². The van der Waals surface area contributed by atoms with Gasteiger partial charge in [0.1, 0.15) is 0 Å². The molecule has 4 heteroatoms. The highest BCUT2D eigenvalue weighted by atomic mass is 16.2. The zero-order valence-electron chi connectivity index (χ0n) is 17.6. The molecule has 2 heterocycles. The van der Waals surface area contributed by atoms with Crippen LogP contribution < -0.4 is 10.2 Å². The molecule has 2 aliphatic rings. The maximum Gasteiger partial charge on any atom is 0.244 e. The number of likely N-dealkylation sites (tertiary alicyclic amines) is 1. The third-order valence-electron chi connectivity index (χ3n) is 5.83. The Morgan fingerprint density at radius 3 is 2.57 bits per heavy atom. The summed E-state index contributed by atoms with van der Waals surface area (Å²) >= 11 is 0. The molecular formula is C24H33N3O. The average Bonchev–Trinajstić information content (AvgIpc) is 3.29. The number of hydrogen-bond donors (Lipinski definition) is 1. The van der Waals surface area contributed by atoms with E-state index in [1.807, 2.05) is 37.9 Å². The van der Waals surface area contributed by atoms with Crippen LogP contribution in [0.5, 0.6) is 0 Å². The first kappa shape index (κ1) is 20.6. The summed E-state index contributed by atoms with van der Waals surface area (Å²) in [6, 6.07) is 18.7. The number of nitrogens with one attached hydrogen (secondary N) is 1. The number of benzene rings is 2. The molecule has 2 aliphatic heterocycles. The molecule has 0 saturated carbocycles. The summed E-state index contributed by atoms with van der Waals surface area (Å²) in [5.41, 5.74) is 3.49. The van der Waals surface area contributed by atoms with Crippen LogP contribution in [-0.2, 0) is 11.3 Å². The molecule has 0 aromatic heterocycles. The molecule has 1 N–H and O–H groups in total. The fourth-order valence-corrected chi connectivity index (χ4v) is 4.43. The van der Waals surface area contributed by atoms with Crippen LogP contribution >= 0.6 is 0 Å². The van der Waals surface area contributed by atoms with Crippen molar-refractivity contribution in [2.45, 2.75) is 33.4 Å². The van der Waals surface area contributed by atoms with E-state index in [1.165, 1.54) is 11.1 Å². The second kappa shape index (κ2) is 9.35. The van der Waals surface area contributed by atoms with Crippen LogP contribution in [0, 0.1) is 18.8 Å². The maximum absolute atomic E-state index is 13.1. The molecule has 2 fully saturated rings. The molecule has 3 atom stereocenters. The lowest BCUT2D eigenvalue weighted by Gasteiger charge is -2.26. The van der Waals surface area contributed by atoms with Crippen LogP contribution in [-0.4, -0.2) is 43.5 Å². The molecule has 0 aliphatic carbocycles.